The lowest BCUT2D eigenvalue weighted by molar-refractivity contribution is -0.132. The Hall–Kier alpha value is -2.00. The molecule has 0 bridgehead atoms. The van der Waals surface area contributed by atoms with Crippen molar-refractivity contribution in [2.45, 2.75) is 25.4 Å². The second kappa shape index (κ2) is 5.97. The number of amides is 1. The van der Waals surface area contributed by atoms with Crippen LogP contribution in [0.1, 0.15) is 24.0 Å². The van der Waals surface area contributed by atoms with E-state index >= 15 is 0 Å². The number of halogens is 2. The number of hydrogen-bond donors (Lipinski definition) is 1. The fourth-order valence-corrected chi connectivity index (χ4v) is 2.26. The number of carbonyl (C=O) groups is 1. The molecule has 1 aromatic rings. The summed E-state index contributed by atoms with van der Waals surface area (Å²) in [5.74, 6) is -1.37. The lowest BCUT2D eigenvalue weighted by Gasteiger charge is -2.30. The molecular weight excluding hydrogens is 264 g/mol. The van der Waals surface area contributed by atoms with Gasteiger partial charge in [0.1, 0.15) is 11.6 Å². The molecule has 0 aliphatic carbocycles. The number of likely N-dealkylation sites (N-methyl/N-ethyl adjacent to an activating group) is 1. The van der Waals surface area contributed by atoms with Crippen LogP contribution in [0.2, 0.25) is 0 Å². The van der Waals surface area contributed by atoms with Gasteiger partial charge in [0.25, 0.3) is 0 Å². The molecule has 0 aromatic heterocycles. The van der Waals surface area contributed by atoms with Crippen LogP contribution >= 0.6 is 0 Å². The molecule has 1 aliphatic rings. The summed E-state index contributed by atoms with van der Waals surface area (Å²) >= 11 is 0. The average molecular weight is 279 g/mol. The number of rotatable bonds is 3. The highest BCUT2D eigenvalue weighted by atomic mass is 19.1. The van der Waals surface area contributed by atoms with Crippen LogP contribution in [0, 0.1) is 23.0 Å². The van der Waals surface area contributed by atoms with E-state index in [0.29, 0.717) is 19.4 Å². The third-order valence-corrected chi connectivity index (χ3v) is 3.46. The van der Waals surface area contributed by atoms with Gasteiger partial charge in [0.15, 0.2) is 0 Å². The van der Waals surface area contributed by atoms with Crippen molar-refractivity contribution in [2.24, 2.45) is 0 Å². The minimum Gasteiger partial charge on any atom is -0.344 e. The summed E-state index contributed by atoms with van der Waals surface area (Å²) in [7, 11) is 1.71. The van der Waals surface area contributed by atoms with Crippen LogP contribution in [0.3, 0.4) is 0 Å². The van der Waals surface area contributed by atoms with Crippen LogP contribution in [-0.2, 0) is 11.3 Å². The Kier molecular flexibility index (Phi) is 4.30. The van der Waals surface area contributed by atoms with E-state index < -0.39 is 11.6 Å². The molecule has 1 aromatic carbocycles. The maximum atomic E-state index is 13.7. The predicted molar refractivity (Wildman–Crippen MR) is 68.6 cm³/mol. The highest BCUT2D eigenvalue weighted by Crippen LogP contribution is 2.16. The van der Waals surface area contributed by atoms with Crippen molar-refractivity contribution in [3.63, 3.8) is 0 Å². The van der Waals surface area contributed by atoms with Crippen molar-refractivity contribution >= 4 is 5.91 Å². The van der Waals surface area contributed by atoms with Gasteiger partial charge in [0.2, 0.25) is 5.91 Å². The van der Waals surface area contributed by atoms with E-state index in [1.807, 2.05) is 0 Å². The van der Waals surface area contributed by atoms with Gasteiger partial charge in [-0.05, 0) is 18.6 Å². The third kappa shape index (κ3) is 3.11. The monoisotopic (exact) mass is 279 g/mol. The molecule has 106 valence electrons. The first-order valence-electron chi connectivity index (χ1n) is 6.36. The van der Waals surface area contributed by atoms with Gasteiger partial charge in [-0.1, -0.05) is 0 Å². The van der Waals surface area contributed by atoms with Crippen molar-refractivity contribution in [3.8, 4) is 6.07 Å². The van der Waals surface area contributed by atoms with Gasteiger partial charge in [-0.15, -0.1) is 0 Å². The molecule has 1 amide bonds. The molecule has 0 saturated carbocycles. The van der Waals surface area contributed by atoms with Crippen molar-refractivity contribution in [3.05, 3.63) is 34.9 Å². The molecule has 6 heteroatoms. The molecular formula is C14H15F2N3O. The Morgan fingerprint density at radius 1 is 1.45 bits per heavy atom. The molecule has 2 rings (SSSR count). The summed E-state index contributed by atoms with van der Waals surface area (Å²) in [5.41, 5.74) is -0.115. The quantitative estimate of drug-likeness (QED) is 0.913. The van der Waals surface area contributed by atoms with Crippen LogP contribution in [0.25, 0.3) is 0 Å². The number of likely N-dealkylation sites (tertiary alicyclic amines) is 1. The van der Waals surface area contributed by atoms with Crippen molar-refractivity contribution < 1.29 is 13.6 Å². The zero-order chi connectivity index (χ0) is 14.7. The van der Waals surface area contributed by atoms with Gasteiger partial charge in [0.05, 0.1) is 11.6 Å². The van der Waals surface area contributed by atoms with Crippen LogP contribution in [-0.4, -0.2) is 30.4 Å². The first-order chi connectivity index (χ1) is 9.51. The smallest absolute Gasteiger partial charge is 0.222 e. The Bertz CT molecular complexity index is 545. The topological polar surface area (TPSA) is 56.1 Å². The molecule has 1 aliphatic heterocycles. The Balaban J connectivity index is 2.01. The molecule has 1 fully saturated rings. The highest BCUT2D eigenvalue weighted by molar-refractivity contribution is 5.76. The molecule has 4 nitrogen and oxygen atoms in total. The third-order valence-electron chi connectivity index (χ3n) is 3.46. The fraction of sp³-hybridized carbons (Fsp3) is 0.429. The molecule has 1 atom stereocenters. The van der Waals surface area contributed by atoms with Crippen LogP contribution in [0.4, 0.5) is 8.78 Å². The van der Waals surface area contributed by atoms with Gasteiger partial charge in [0, 0.05) is 38.2 Å². The van der Waals surface area contributed by atoms with Crippen molar-refractivity contribution in [1.29, 1.82) is 5.26 Å². The van der Waals surface area contributed by atoms with Gasteiger partial charge in [-0.25, -0.2) is 8.78 Å². The first-order valence-corrected chi connectivity index (χ1v) is 6.36. The van der Waals surface area contributed by atoms with E-state index in [1.54, 1.807) is 18.0 Å². The summed E-state index contributed by atoms with van der Waals surface area (Å²) < 4.78 is 27.4. The number of hydrogen-bond acceptors (Lipinski definition) is 3. The zero-order valence-electron chi connectivity index (χ0n) is 11.1. The zero-order valence-corrected chi connectivity index (χ0v) is 11.1. The number of nitriles is 1. The molecule has 1 heterocycles. The Labute approximate surface area is 116 Å². The molecule has 1 unspecified atom stereocenters. The molecule has 1 N–H and O–H groups in total. The van der Waals surface area contributed by atoms with Crippen LogP contribution in [0.5, 0.6) is 0 Å². The normalized spacial score (nSPS) is 19.0. The largest absolute Gasteiger partial charge is 0.344 e. The minimum atomic E-state index is -0.728. The number of nitrogens with one attached hydrogen (secondary N) is 1. The summed E-state index contributed by atoms with van der Waals surface area (Å²) in [6.45, 7) is 0.564. The first kappa shape index (κ1) is 14.4. The minimum absolute atomic E-state index is 0.0205. The number of nitrogens with zero attached hydrogens (tertiary/aromatic N) is 2. The maximum Gasteiger partial charge on any atom is 0.222 e. The molecule has 1 saturated heterocycles. The van der Waals surface area contributed by atoms with E-state index in [9.17, 15) is 13.6 Å². The van der Waals surface area contributed by atoms with Crippen molar-refractivity contribution in [1.82, 2.24) is 10.2 Å². The van der Waals surface area contributed by atoms with Crippen molar-refractivity contribution in [2.75, 3.05) is 13.6 Å². The fourth-order valence-electron chi connectivity index (χ4n) is 2.26. The second-order valence-electron chi connectivity index (χ2n) is 4.92. The average Bonchev–Trinajstić information content (AvgIpc) is 2.41. The predicted octanol–water partition coefficient (Wildman–Crippen LogP) is 1.55. The number of benzene rings is 1. The van der Waals surface area contributed by atoms with E-state index in [-0.39, 0.29) is 29.6 Å². The lowest BCUT2D eigenvalue weighted by Crippen LogP contribution is -2.46. The lowest BCUT2D eigenvalue weighted by atomic mass is 10.0. The van der Waals surface area contributed by atoms with E-state index in [1.165, 1.54) is 0 Å². The van der Waals surface area contributed by atoms with Crippen LogP contribution < -0.4 is 5.32 Å². The van der Waals surface area contributed by atoms with Gasteiger partial charge in [-0.3, -0.25) is 4.79 Å². The van der Waals surface area contributed by atoms with E-state index in [4.69, 9.17) is 5.26 Å². The van der Waals surface area contributed by atoms with E-state index in [0.717, 1.165) is 12.1 Å². The second-order valence-corrected chi connectivity index (χ2v) is 4.92. The summed E-state index contributed by atoms with van der Waals surface area (Å²) in [5, 5.41) is 11.7. The summed E-state index contributed by atoms with van der Waals surface area (Å²) in [6, 6.07) is 3.78. The molecule has 0 spiro atoms. The maximum absolute atomic E-state index is 13.7. The van der Waals surface area contributed by atoms with Gasteiger partial charge < -0.3 is 10.2 Å². The standard InChI is InChI=1S/C14H15F2N3O/c1-19-8-10(2-3-14(19)20)18-7-11-12(15)4-9(6-17)5-13(11)16/h4-5,10,18H,2-3,7-8H2,1H3. The summed E-state index contributed by atoms with van der Waals surface area (Å²) in [6.07, 6.45) is 1.09. The van der Waals surface area contributed by atoms with Crippen LogP contribution in [0.15, 0.2) is 12.1 Å². The SMILES string of the molecule is CN1CC(NCc2c(F)cc(C#N)cc2F)CCC1=O. The van der Waals surface area contributed by atoms with E-state index in [2.05, 4.69) is 5.32 Å². The number of carbonyl (C=O) groups excluding carboxylic acids is 1. The molecule has 20 heavy (non-hydrogen) atoms. The Morgan fingerprint density at radius 3 is 2.65 bits per heavy atom. The summed E-state index contributed by atoms with van der Waals surface area (Å²) in [4.78, 5) is 12.9. The highest BCUT2D eigenvalue weighted by Gasteiger charge is 2.23. The van der Waals surface area contributed by atoms with Gasteiger partial charge in [-0.2, -0.15) is 5.26 Å². The van der Waals surface area contributed by atoms with Gasteiger partial charge >= 0.3 is 0 Å². The Morgan fingerprint density at radius 2 is 2.10 bits per heavy atom. The molecule has 0 radical (unpaired) electrons. The number of piperidine rings is 1.